The number of carbonyl (C=O) groups excluding carboxylic acids is 2. The predicted octanol–water partition coefficient (Wildman–Crippen LogP) is 3.57. The van der Waals surface area contributed by atoms with Gasteiger partial charge < -0.3 is 14.8 Å². The van der Waals surface area contributed by atoms with Crippen molar-refractivity contribution < 1.29 is 19.1 Å². The second-order valence-electron chi connectivity index (χ2n) is 8.50. The number of hydrogen-bond acceptors (Lipinski definition) is 7. The van der Waals surface area contributed by atoms with Crippen molar-refractivity contribution in [2.75, 3.05) is 32.7 Å². The Balaban J connectivity index is 1.51. The van der Waals surface area contributed by atoms with Crippen molar-refractivity contribution in [1.29, 1.82) is 5.26 Å². The van der Waals surface area contributed by atoms with Gasteiger partial charge in [-0.05, 0) is 54.8 Å². The van der Waals surface area contributed by atoms with Crippen molar-refractivity contribution in [2.45, 2.75) is 19.4 Å². The predicted molar refractivity (Wildman–Crippen MR) is 142 cm³/mol. The fourth-order valence-electron chi connectivity index (χ4n) is 3.93. The van der Waals surface area contributed by atoms with Gasteiger partial charge >= 0.3 is 0 Å². The van der Waals surface area contributed by atoms with Crippen LogP contribution in [0.3, 0.4) is 0 Å². The molecule has 0 unspecified atom stereocenters. The maximum atomic E-state index is 12.9. The number of carbonyl (C=O) groups is 2. The number of pyridine rings is 1. The van der Waals surface area contributed by atoms with Gasteiger partial charge in [0, 0.05) is 38.6 Å². The van der Waals surface area contributed by atoms with Crippen molar-refractivity contribution in [3.63, 3.8) is 0 Å². The molecule has 0 saturated carbocycles. The lowest BCUT2D eigenvalue weighted by atomic mass is 10.1. The largest absolute Gasteiger partial charge is 0.497 e. The van der Waals surface area contributed by atoms with Gasteiger partial charge in [0.2, 0.25) is 5.95 Å². The van der Waals surface area contributed by atoms with Crippen LogP contribution in [0.5, 0.6) is 5.75 Å². The average molecular weight is 513 g/mol. The first-order chi connectivity index (χ1) is 18.5. The van der Waals surface area contributed by atoms with Crippen molar-refractivity contribution in [3.05, 3.63) is 83.0 Å². The molecule has 0 saturated heterocycles. The number of rotatable bonds is 11. The molecule has 10 nitrogen and oxygen atoms in total. The summed E-state index contributed by atoms with van der Waals surface area (Å²) < 4.78 is 12.1. The third-order valence-electron chi connectivity index (χ3n) is 5.91. The number of nitrogens with zero attached hydrogens (tertiary/aromatic N) is 4. The molecule has 10 heteroatoms. The van der Waals surface area contributed by atoms with Gasteiger partial charge in [-0.1, -0.05) is 18.2 Å². The van der Waals surface area contributed by atoms with E-state index >= 15 is 0 Å². The number of amides is 2. The van der Waals surface area contributed by atoms with Crippen molar-refractivity contribution >= 4 is 28.9 Å². The molecule has 2 aromatic carbocycles. The number of anilines is 1. The Kier molecular flexibility index (Phi) is 8.64. The SMILES string of the molecule is COCCCn1c(NC(=O)c2cccc(C#N)c2)nc2cc(C(=O)NCCc3ccc(OC)cc3)cnc21. The first-order valence-corrected chi connectivity index (χ1v) is 12.1. The number of aryl methyl sites for hydroxylation is 1. The molecular weight excluding hydrogens is 484 g/mol. The molecule has 2 N–H and O–H groups in total. The average Bonchev–Trinajstić information content (AvgIpc) is 3.29. The van der Waals surface area contributed by atoms with Crippen LogP contribution >= 0.6 is 0 Å². The number of benzene rings is 2. The molecule has 194 valence electrons. The number of methoxy groups -OCH3 is 2. The van der Waals surface area contributed by atoms with Crippen LogP contribution in [0.4, 0.5) is 5.95 Å². The Morgan fingerprint density at radius 3 is 2.61 bits per heavy atom. The lowest BCUT2D eigenvalue weighted by Crippen LogP contribution is -2.25. The van der Waals surface area contributed by atoms with E-state index in [9.17, 15) is 9.59 Å². The Labute approximate surface area is 220 Å². The highest BCUT2D eigenvalue weighted by Crippen LogP contribution is 2.21. The molecule has 0 aliphatic heterocycles. The second-order valence-corrected chi connectivity index (χ2v) is 8.50. The van der Waals surface area contributed by atoms with Gasteiger partial charge in [0.05, 0.1) is 24.3 Å². The summed E-state index contributed by atoms with van der Waals surface area (Å²) in [6.07, 6.45) is 2.84. The highest BCUT2D eigenvalue weighted by atomic mass is 16.5. The molecule has 0 aliphatic rings. The number of hydrogen-bond donors (Lipinski definition) is 2. The van der Waals surface area contributed by atoms with Crippen molar-refractivity contribution in [1.82, 2.24) is 19.9 Å². The molecule has 0 bridgehead atoms. The molecule has 0 radical (unpaired) electrons. The zero-order chi connectivity index (χ0) is 26.9. The third kappa shape index (κ3) is 6.32. The second kappa shape index (κ2) is 12.5. The number of ether oxygens (including phenoxy) is 2. The van der Waals surface area contributed by atoms with Gasteiger partial charge in [-0.2, -0.15) is 5.26 Å². The molecule has 2 aromatic heterocycles. The minimum atomic E-state index is -0.401. The zero-order valence-corrected chi connectivity index (χ0v) is 21.2. The highest BCUT2D eigenvalue weighted by Gasteiger charge is 2.17. The first kappa shape index (κ1) is 26.3. The highest BCUT2D eigenvalue weighted by molar-refractivity contribution is 6.04. The van der Waals surface area contributed by atoms with E-state index in [1.54, 1.807) is 43.1 Å². The van der Waals surface area contributed by atoms with E-state index in [1.807, 2.05) is 30.3 Å². The third-order valence-corrected chi connectivity index (χ3v) is 5.91. The standard InChI is InChI=1S/C28H28N6O4/c1-37-14-4-13-34-25-24(32-28(34)33-27(36)21-6-3-5-20(15-21)17-29)16-22(18-31-25)26(35)30-12-11-19-7-9-23(38-2)10-8-19/h3,5-10,15-16,18H,4,11-14H2,1-2H3,(H,30,35)(H,32,33,36). The summed E-state index contributed by atoms with van der Waals surface area (Å²) in [5, 5.41) is 14.9. The fourth-order valence-corrected chi connectivity index (χ4v) is 3.93. The number of fused-ring (bicyclic) bond motifs is 1. The van der Waals surface area contributed by atoms with Crippen LogP contribution in [-0.2, 0) is 17.7 Å². The molecule has 0 spiro atoms. The topological polar surface area (TPSA) is 131 Å². The van der Waals surface area contributed by atoms with Gasteiger partial charge in [0.25, 0.3) is 11.8 Å². The molecule has 2 amide bonds. The van der Waals surface area contributed by atoms with Gasteiger partial charge in [0.1, 0.15) is 11.3 Å². The van der Waals surface area contributed by atoms with Gasteiger partial charge in [-0.25, -0.2) is 9.97 Å². The minimum absolute atomic E-state index is 0.263. The van der Waals surface area contributed by atoms with Crippen LogP contribution in [0.2, 0.25) is 0 Å². The van der Waals surface area contributed by atoms with Crippen LogP contribution in [-0.4, -0.2) is 53.7 Å². The van der Waals surface area contributed by atoms with Gasteiger partial charge in [0.15, 0.2) is 5.65 Å². The fraction of sp³-hybridized carbons (Fsp3) is 0.250. The summed E-state index contributed by atoms with van der Waals surface area (Å²) in [5.74, 6) is 0.417. The normalized spacial score (nSPS) is 10.7. The van der Waals surface area contributed by atoms with Crippen LogP contribution in [0, 0.1) is 11.3 Å². The molecule has 4 aromatic rings. The Hall–Kier alpha value is -4.75. The van der Waals surface area contributed by atoms with Gasteiger partial charge in [-0.15, -0.1) is 0 Å². The lowest BCUT2D eigenvalue weighted by molar-refractivity contribution is 0.0953. The number of imidazole rings is 1. The van der Waals surface area contributed by atoms with Gasteiger partial charge in [-0.3, -0.25) is 19.5 Å². The van der Waals surface area contributed by atoms with E-state index in [1.165, 1.54) is 12.3 Å². The summed E-state index contributed by atoms with van der Waals surface area (Å²) in [7, 11) is 3.24. The maximum absolute atomic E-state index is 12.9. The molecular formula is C28H28N6O4. The number of nitriles is 1. The molecule has 0 aliphatic carbocycles. The number of aromatic nitrogens is 3. The smallest absolute Gasteiger partial charge is 0.258 e. The Morgan fingerprint density at radius 2 is 1.87 bits per heavy atom. The van der Waals surface area contributed by atoms with E-state index in [2.05, 4.69) is 20.6 Å². The molecule has 4 rings (SSSR count). The first-order valence-electron chi connectivity index (χ1n) is 12.1. The summed E-state index contributed by atoms with van der Waals surface area (Å²) in [6.45, 7) is 1.47. The Morgan fingerprint density at radius 1 is 1.05 bits per heavy atom. The summed E-state index contributed by atoms with van der Waals surface area (Å²) >= 11 is 0. The van der Waals surface area contributed by atoms with E-state index in [4.69, 9.17) is 14.7 Å². The van der Waals surface area contributed by atoms with Crippen LogP contribution in [0.15, 0.2) is 60.8 Å². The number of nitrogens with one attached hydrogen (secondary N) is 2. The monoisotopic (exact) mass is 512 g/mol. The van der Waals surface area contributed by atoms with E-state index in [0.29, 0.717) is 66.3 Å². The summed E-state index contributed by atoms with van der Waals surface area (Å²) in [5.41, 5.74) is 3.19. The van der Waals surface area contributed by atoms with E-state index < -0.39 is 5.91 Å². The molecule has 38 heavy (non-hydrogen) atoms. The van der Waals surface area contributed by atoms with Crippen LogP contribution in [0.1, 0.15) is 38.3 Å². The van der Waals surface area contributed by atoms with E-state index in [0.717, 1.165) is 11.3 Å². The van der Waals surface area contributed by atoms with Crippen molar-refractivity contribution in [3.8, 4) is 11.8 Å². The quantitative estimate of drug-likeness (QED) is 0.294. The summed E-state index contributed by atoms with van der Waals surface area (Å²) in [4.78, 5) is 34.7. The maximum Gasteiger partial charge on any atom is 0.258 e. The van der Waals surface area contributed by atoms with Crippen LogP contribution in [0.25, 0.3) is 11.2 Å². The molecule has 2 heterocycles. The van der Waals surface area contributed by atoms with E-state index in [-0.39, 0.29) is 5.91 Å². The zero-order valence-electron chi connectivity index (χ0n) is 21.2. The summed E-state index contributed by atoms with van der Waals surface area (Å²) in [6, 6.07) is 17.8. The lowest BCUT2D eigenvalue weighted by Gasteiger charge is -2.10. The molecule has 0 atom stereocenters. The molecule has 0 fully saturated rings. The minimum Gasteiger partial charge on any atom is -0.497 e. The Bertz CT molecular complexity index is 1470. The van der Waals surface area contributed by atoms with Crippen LogP contribution < -0.4 is 15.4 Å². The van der Waals surface area contributed by atoms with Crippen molar-refractivity contribution in [2.24, 2.45) is 0 Å².